The molecule has 3 heterocycles. The Morgan fingerprint density at radius 1 is 1.52 bits per heavy atom. The average Bonchev–Trinajstić information content (AvgIpc) is 3.21. The normalized spacial score (nSPS) is 16.5. The number of hydrogen-bond donors (Lipinski definition) is 3. The quantitative estimate of drug-likeness (QED) is 0.670. The smallest absolute Gasteiger partial charge is 0.475 e. The van der Waals surface area contributed by atoms with E-state index in [0.717, 1.165) is 21.6 Å². The minimum absolute atomic E-state index is 0.141. The summed E-state index contributed by atoms with van der Waals surface area (Å²) in [5.74, 6) is -2.76. The molecule has 0 radical (unpaired) electrons. The molecular weight excluding hydrogens is 385 g/mol. The molecule has 0 bridgehead atoms. The third kappa shape index (κ3) is 5.35. The van der Waals surface area contributed by atoms with Gasteiger partial charge in [0.05, 0.1) is 16.7 Å². The topological polar surface area (TPSA) is 118 Å². The third-order valence-corrected chi connectivity index (χ3v) is 4.59. The highest BCUT2D eigenvalue weighted by molar-refractivity contribution is 8.09. The Hall–Kier alpha value is -2.78. The van der Waals surface area contributed by atoms with Gasteiger partial charge in [-0.1, -0.05) is 11.8 Å². The highest BCUT2D eigenvalue weighted by Crippen LogP contribution is 2.38. The number of rotatable bonds is 4. The number of halogens is 3. The standard InChI is InChI=1S/C13H14N6S.C2HF3O2/c1-19-7-10(20-13(19)16-5-2-4-14)11-9-3-6-15-12(9)18-8-17-11;3-2(4,5)1(6)7/h3,6-8,13,16H,2,5H2,1H3,(H,15,17,18);(H,6,7). The van der Waals surface area contributed by atoms with Crippen LogP contribution in [0.5, 0.6) is 0 Å². The van der Waals surface area contributed by atoms with Gasteiger partial charge in [0.25, 0.3) is 0 Å². The van der Waals surface area contributed by atoms with Crippen LogP contribution in [0.1, 0.15) is 12.1 Å². The van der Waals surface area contributed by atoms with Crippen molar-refractivity contribution in [3.8, 4) is 6.07 Å². The molecule has 2 aromatic rings. The van der Waals surface area contributed by atoms with Crippen LogP contribution in [0.3, 0.4) is 0 Å². The maximum absolute atomic E-state index is 10.6. The highest BCUT2D eigenvalue weighted by atomic mass is 32.2. The lowest BCUT2D eigenvalue weighted by atomic mass is 10.3. The molecule has 0 fully saturated rings. The predicted molar refractivity (Wildman–Crippen MR) is 92.9 cm³/mol. The van der Waals surface area contributed by atoms with Crippen LogP contribution in [0, 0.1) is 11.3 Å². The van der Waals surface area contributed by atoms with E-state index >= 15 is 0 Å². The van der Waals surface area contributed by atoms with Crippen LogP contribution in [0.15, 0.2) is 24.8 Å². The number of hydrogen-bond acceptors (Lipinski definition) is 7. The molecule has 27 heavy (non-hydrogen) atoms. The van der Waals surface area contributed by atoms with Crippen LogP contribution in [-0.4, -0.2) is 56.2 Å². The first kappa shape index (κ1) is 20.5. The van der Waals surface area contributed by atoms with Gasteiger partial charge in [0, 0.05) is 37.8 Å². The summed E-state index contributed by atoms with van der Waals surface area (Å²) < 4.78 is 31.7. The summed E-state index contributed by atoms with van der Waals surface area (Å²) in [7, 11) is 2.01. The number of nitriles is 1. The van der Waals surface area contributed by atoms with Crippen molar-refractivity contribution in [2.24, 2.45) is 0 Å². The van der Waals surface area contributed by atoms with Crippen molar-refractivity contribution in [3.63, 3.8) is 0 Å². The highest BCUT2D eigenvalue weighted by Gasteiger charge is 2.38. The second kappa shape index (κ2) is 8.74. The summed E-state index contributed by atoms with van der Waals surface area (Å²) in [5, 5.41) is 20.1. The molecule has 0 spiro atoms. The van der Waals surface area contributed by atoms with E-state index in [1.54, 1.807) is 18.1 Å². The van der Waals surface area contributed by atoms with Crippen molar-refractivity contribution >= 4 is 33.7 Å². The second-order valence-corrected chi connectivity index (χ2v) is 6.38. The van der Waals surface area contributed by atoms with Gasteiger partial charge in [-0.05, 0) is 6.07 Å². The number of fused-ring (bicyclic) bond motifs is 1. The zero-order chi connectivity index (χ0) is 20.0. The van der Waals surface area contributed by atoms with E-state index in [1.807, 2.05) is 19.3 Å². The van der Waals surface area contributed by atoms with E-state index in [4.69, 9.17) is 15.2 Å². The van der Waals surface area contributed by atoms with Gasteiger partial charge in [0.2, 0.25) is 0 Å². The third-order valence-electron chi connectivity index (χ3n) is 3.32. The predicted octanol–water partition coefficient (Wildman–Crippen LogP) is 2.36. The van der Waals surface area contributed by atoms with Gasteiger partial charge in [-0.25, -0.2) is 14.8 Å². The summed E-state index contributed by atoms with van der Waals surface area (Å²) >= 11 is 1.70. The lowest BCUT2D eigenvalue weighted by Crippen LogP contribution is -2.35. The number of nitrogens with one attached hydrogen (secondary N) is 2. The number of carboxylic acid groups (broad SMARTS) is 1. The molecule has 12 heteroatoms. The Morgan fingerprint density at radius 2 is 2.22 bits per heavy atom. The molecule has 8 nitrogen and oxygen atoms in total. The van der Waals surface area contributed by atoms with Gasteiger partial charge in [-0.15, -0.1) is 0 Å². The molecule has 0 amide bonds. The van der Waals surface area contributed by atoms with Gasteiger partial charge >= 0.3 is 12.1 Å². The zero-order valence-electron chi connectivity index (χ0n) is 14.0. The number of H-pyrrole nitrogens is 1. The van der Waals surface area contributed by atoms with E-state index in [9.17, 15) is 13.2 Å². The van der Waals surface area contributed by atoms with Crippen LogP contribution in [0.25, 0.3) is 15.9 Å². The molecule has 0 saturated heterocycles. The molecule has 0 aliphatic carbocycles. The van der Waals surface area contributed by atoms with Gasteiger partial charge in [-0.3, -0.25) is 5.32 Å². The van der Waals surface area contributed by atoms with Gasteiger partial charge in [0.1, 0.15) is 17.5 Å². The summed E-state index contributed by atoms with van der Waals surface area (Å²) in [6, 6.07) is 4.13. The van der Waals surface area contributed by atoms with Crippen molar-refractivity contribution < 1.29 is 23.1 Å². The van der Waals surface area contributed by atoms with Gasteiger partial charge < -0.3 is 15.0 Å². The molecule has 1 unspecified atom stereocenters. The molecular formula is C15H15F3N6O2S. The minimum atomic E-state index is -5.08. The van der Waals surface area contributed by atoms with Crippen LogP contribution in [0.4, 0.5) is 13.2 Å². The maximum Gasteiger partial charge on any atom is 0.490 e. The SMILES string of the molecule is CN1C=C(c2ncnc3[nH]ccc23)SC1NCCC#N.O=C(O)C(F)(F)F. The maximum atomic E-state index is 10.6. The molecule has 3 rings (SSSR count). The van der Waals surface area contributed by atoms with Gasteiger partial charge in [-0.2, -0.15) is 18.4 Å². The first-order chi connectivity index (χ1) is 12.7. The lowest BCUT2D eigenvalue weighted by Gasteiger charge is -2.20. The first-order valence-corrected chi connectivity index (χ1v) is 8.41. The Labute approximate surface area is 156 Å². The van der Waals surface area contributed by atoms with E-state index in [0.29, 0.717) is 13.0 Å². The largest absolute Gasteiger partial charge is 0.490 e. The number of aromatic nitrogens is 3. The van der Waals surface area contributed by atoms with Crippen molar-refractivity contribution in [3.05, 3.63) is 30.5 Å². The van der Waals surface area contributed by atoms with Gasteiger partial charge in [0.15, 0.2) is 0 Å². The summed E-state index contributed by atoms with van der Waals surface area (Å²) in [6.07, 6.45) is 0.945. The number of nitrogens with zero attached hydrogens (tertiary/aromatic N) is 4. The molecule has 144 valence electrons. The Balaban J connectivity index is 0.000000321. The summed E-state index contributed by atoms with van der Waals surface area (Å²) in [5.41, 5.74) is 1.93. The lowest BCUT2D eigenvalue weighted by molar-refractivity contribution is -0.192. The number of carboxylic acids is 1. The molecule has 3 N–H and O–H groups in total. The fourth-order valence-corrected chi connectivity index (χ4v) is 3.28. The molecule has 0 aromatic carbocycles. The monoisotopic (exact) mass is 400 g/mol. The number of alkyl halides is 3. The number of aromatic amines is 1. The van der Waals surface area contributed by atoms with Crippen molar-refractivity contribution in [2.45, 2.75) is 18.1 Å². The first-order valence-electron chi connectivity index (χ1n) is 7.53. The van der Waals surface area contributed by atoms with E-state index in [1.165, 1.54) is 0 Å². The Kier molecular flexibility index (Phi) is 6.65. The van der Waals surface area contributed by atoms with Crippen LogP contribution < -0.4 is 5.32 Å². The Morgan fingerprint density at radius 3 is 2.85 bits per heavy atom. The summed E-state index contributed by atoms with van der Waals surface area (Å²) in [4.78, 5) is 23.8. The minimum Gasteiger partial charge on any atom is -0.475 e. The average molecular weight is 400 g/mol. The fourth-order valence-electron chi connectivity index (χ4n) is 2.11. The second-order valence-electron chi connectivity index (χ2n) is 5.26. The Bertz CT molecular complexity index is 876. The van der Waals surface area contributed by atoms with E-state index in [2.05, 4.69) is 37.4 Å². The molecule has 1 aliphatic rings. The van der Waals surface area contributed by atoms with E-state index < -0.39 is 12.1 Å². The molecule has 0 saturated carbocycles. The van der Waals surface area contributed by atoms with Crippen LogP contribution in [0.2, 0.25) is 0 Å². The summed E-state index contributed by atoms with van der Waals surface area (Å²) in [6.45, 7) is 0.683. The van der Waals surface area contributed by atoms with Crippen molar-refractivity contribution in [2.75, 3.05) is 13.6 Å². The van der Waals surface area contributed by atoms with Crippen molar-refractivity contribution in [1.82, 2.24) is 25.2 Å². The zero-order valence-corrected chi connectivity index (χ0v) is 14.8. The molecule has 1 aliphatic heterocycles. The van der Waals surface area contributed by atoms with Crippen LogP contribution >= 0.6 is 11.8 Å². The number of aliphatic carboxylic acids is 1. The van der Waals surface area contributed by atoms with Crippen LogP contribution in [-0.2, 0) is 4.79 Å². The fraction of sp³-hybridized carbons (Fsp3) is 0.333. The molecule has 1 atom stereocenters. The number of carbonyl (C=O) groups is 1. The molecule has 2 aromatic heterocycles. The van der Waals surface area contributed by atoms with E-state index in [-0.39, 0.29) is 5.50 Å². The number of thioether (sulfide) groups is 1. The van der Waals surface area contributed by atoms with Crippen molar-refractivity contribution in [1.29, 1.82) is 5.26 Å².